The zero-order valence-corrected chi connectivity index (χ0v) is 11.1. The zero-order chi connectivity index (χ0) is 13.9. The van der Waals surface area contributed by atoms with Crippen LogP contribution in [-0.4, -0.2) is 14.7 Å². The Kier molecular flexibility index (Phi) is 3.82. The number of hydrogen-bond donors (Lipinski definition) is 1. The predicted octanol–water partition coefficient (Wildman–Crippen LogP) is 1.88. The Morgan fingerprint density at radius 1 is 1.21 bits per heavy atom. The van der Waals surface area contributed by atoms with Gasteiger partial charge in [0, 0.05) is 6.54 Å². The van der Waals surface area contributed by atoms with E-state index in [1.807, 2.05) is 31.2 Å². The van der Waals surface area contributed by atoms with Crippen LogP contribution in [-0.2, 0) is 16.6 Å². The molecule has 0 aliphatic carbocycles. The standard InChI is InChI=1S/C13H13NO4S/c1-10-4-2-3-5-11(10)8-14-19(16,17)13-7-6-12(9-15)18-13/h2-7,9,14H,8H2,1H3. The number of aldehydes is 1. The molecule has 100 valence electrons. The molecule has 1 N–H and O–H groups in total. The second-order valence-corrected chi connectivity index (χ2v) is 5.72. The van der Waals surface area contributed by atoms with E-state index < -0.39 is 10.0 Å². The number of rotatable bonds is 5. The van der Waals surface area contributed by atoms with Gasteiger partial charge in [-0.2, -0.15) is 0 Å². The van der Waals surface area contributed by atoms with Crippen LogP contribution in [0.15, 0.2) is 45.9 Å². The monoisotopic (exact) mass is 279 g/mol. The van der Waals surface area contributed by atoms with Crippen molar-refractivity contribution in [2.75, 3.05) is 0 Å². The lowest BCUT2D eigenvalue weighted by Gasteiger charge is -2.06. The molecule has 1 aromatic heterocycles. The van der Waals surface area contributed by atoms with Crippen molar-refractivity contribution in [1.29, 1.82) is 0 Å². The van der Waals surface area contributed by atoms with Crippen LogP contribution in [0.3, 0.4) is 0 Å². The molecule has 0 unspecified atom stereocenters. The summed E-state index contributed by atoms with van der Waals surface area (Å²) in [6, 6.07) is 10.0. The Bertz CT molecular complexity index is 688. The second-order valence-electron chi connectivity index (χ2n) is 4.03. The van der Waals surface area contributed by atoms with Crippen LogP contribution in [0.5, 0.6) is 0 Å². The van der Waals surface area contributed by atoms with E-state index in [9.17, 15) is 13.2 Å². The van der Waals surface area contributed by atoms with Gasteiger partial charge in [-0.25, -0.2) is 13.1 Å². The van der Waals surface area contributed by atoms with Gasteiger partial charge in [0.05, 0.1) is 0 Å². The number of nitrogens with one attached hydrogen (secondary N) is 1. The fourth-order valence-electron chi connectivity index (χ4n) is 1.59. The van der Waals surface area contributed by atoms with E-state index in [1.165, 1.54) is 12.1 Å². The number of benzene rings is 1. The highest BCUT2D eigenvalue weighted by Crippen LogP contribution is 2.14. The van der Waals surface area contributed by atoms with Gasteiger partial charge in [-0.1, -0.05) is 24.3 Å². The second kappa shape index (κ2) is 5.38. The first-order valence-electron chi connectivity index (χ1n) is 5.62. The summed E-state index contributed by atoms with van der Waals surface area (Å²) in [5.74, 6) is -0.0173. The van der Waals surface area contributed by atoms with Gasteiger partial charge in [-0.15, -0.1) is 0 Å². The minimum Gasteiger partial charge on any atom is -0.440 e. The lowest BCUT2D eigenvalue weighted by atomic mass is 10.1. The summed E-state index contributed by atoms with van der Waals surface area (Å²) in [4.78, 5) is 10.5. The number of carbonyl (C=O) groups is 1. The van der Waals surface area contributed by atoms with E-state index in [2.05, 4.69) is 4.72 Å². The molecule has 0 fully saturated rings. The number of hydrogen-bond acceptors (Lipinski definition) is 4. The molecule has 6 heteroatoms. The first kappa shape index (κ1) is 13.5. The van der Waals surface area contributed by atoms with Crippen molar-refractivity contribution < 1.29 is 17.6 Å². The van der Waals surface area contributed by atoms with Gasteiger partial charge < -0.3 is 4.42 Å². The SMILES string of the molecule is Cc1ccccc1CNS(=O)(=O)c1ccc(C=O)o1. The Balaban J connectivity index is 2.14. The molecule has 0 bridgehead atoms. The van der Waals surface area contributed by atoms with Crippen molar-refractivity contribution in [3.05, 3.63) is 53.3 Å². The molecule has 1 heterocycles. The average Bonchev–Trinajstić information content (AvgIpc) is 2.87. The van der Waals surface area contributed by atoms with Crippen LogP contribution in [0.1, 0.15) is 21.7 Å². The van der Waals surface area contributed by atoms with E-state index in [1.54, 1.807) is 0 Å². The molecule has 0 aliphatic rings. The zero-order valence-electron chi connectivity index (χ0n) is 10.3. The number of carbonyl (C=O) groups excluding carboxylic acids is 1. The van der Waals surface area contributed by atoms with Gasteiger partial charge in [-0.3, -0.25) is 4.79 Å². The summed E-state index contributed by atoms with van der Waals surface area (Å²) < 4.78 is 31.2. The van der Waals surface area contributed by atoms with E-state index in [0.717, 1.165) is 11.1 Å². The molecular formula is C13H13NO4S. The molecule has 0 atom stereocenters. The fraction of sp³-hybridized carbons (Fsp3) is 0.154. The smallest absolute Gasteiger partial charge is 0.274 e. The van der Waals surface area contributed by atoms with Gasteiger partial charge in [-0.05, 0) is 30.2 Å². The minimum atomic E-state index is -3.74. The molecule has 2 aromatic rings. The third-order valence-electron chi connectivity index (χ3n) is 2.70. The normalized spacial score (nSPS) is 11.4. The average molecular weight is 279 g/mol. The van der Waals surface area contributed by atoms with Crippen LogP contribution < -0.4 is 4.72 Å². The third-order valence-corrected chi connectivity index (χ3v) is 3.97. The lowest BCUT2D eigenvalue weighted by molar-refractivity contribution is 0.109. The van der Waals surface area contributed by atoms with E-state index in [-0.39, 0.29) is 17.4 Å². The molecule has 1 aromatic carbocycles. The van der Waals surface area contributed by atoms with Gasteiger partial charge in [0.25, 0.3) is 10.0 Å². The first-order valence-corrected chi connectivity index (χ1v) is 7.10. The van der Waals surface area contributed by atoms with Crippen LogP contribution in [0.25, 0.3) is 0 Å². The van der Waals surface area contributed by atoms with Crippen molar-refractivity contribution in [2.45, 2.75) is 18.6 Å². The predicted molar refractivity (Wildman–Crippen MR) is 69.3 cm³/mol. The van der Waals surface area contributed by atoms with Crippen LogP contribution in [0.4, 0.5) is 0 Å². The van der Waals surface area contributed by atoms with Crippen molar-refractivity contribution >= 4 is 16.3 Å². The molecule has 0 spiro atoms. The van der Waals surface area contributed by atoms with Gasteiger partial charge in [0.15, 0.2) is 12.0 Å². The third kappa shape index (κ3) is 3.10. The maximum Gasteiger partial charge on any atom is 0.274 e. The van der Waals surface area contributed by atoms with E-state index in [0.29, 0.717) is 6.29 Å². The van der Waals surface area contributed by atoms with Gasteiger partial charge in [0.2, 0.25) is 5.09 Å². The topological polar surface area (TPSA) is 76.4 Å². The van der Waals surface area contributed by atoms with Crippen molar-refractivity contribution in [2.24, 2.45) is 0 Å². The molecule has 0 aliphatic heterocycles. The highest BCUT2D eigenvalue weighted by atomic mass is 32.2. The molecule has 19 heavy (non-hydrogen) atoms. The Morgan fingerprint density at radius 3 is 2.58 bits per heavy atom. The highest BCUT2D eigenvalue weighted by Gasteiger charge is 2.18. The Morgan fingerprint density at radius 2 is 1.95 bits per heavy atom. The quantitative estimate of drug-likeness (QED) is 0.848. The summed E-state index contributed by atoms with van der Waals surface area (Å²) in [7, 11) is -3.74. The lowest BCUT2D eigenvalue weighted by Crippen LogP contribution is -2.23. The molecular weight excluding hydrogens is 266 g/mol. The van der Waals surface area contributed by atoms with E-state index in [4.69, 9.17) is 4.42 Å². The van der Waals surface area contributed by atoms with E-state index >= 15 is 0 Å². The maximum absolute atomic E-state index is 11.9. The molecule has 0 saturated carbocycles. The summed E-state index contributed by atoms with van der Waals surface area (Å²) in [5.41, 5.74) is 1.88. The highest BCUT2D eigenvalue weighted by molar-refractivity contribution is 7.89. The molecule has 5 nitrogen and oxygen atoms in total. The summed E-state index contributed by atoms with van der Waals surface area (Å²) in [5, 5.41) is -0.261. The van der Waals surface area contributed by atoms with Crippen LogP contribution in [0.2, 0.25) is 0 Å². The van der Waals surface area contributed by atoms with Crippen molar-refractivity contribution in [1.82, 2.24) is 4.72 Å². The summed E-state index contributed by atoms with van der Waals surface area (Å²) in [6.07, 6.45) is 0.459. The molecule has 2 rings (SSSR count). The molecule has 0 amide bonds. The Hall–Kier alpha value is -1.92. The van der Waals surface area contributed by atoms with Crippen molar-refractivity contribution in [3.8, 4) is 0 Å². The minimum absolute atomic E-state index is 0.0173. The largest absolute Gasteiger partial charge is 0.440 e. The van der Waals surface area contributed by atoms with Crippen LogP contribution >= 0.6 is 0 Å². The van der Waals surface area contributed by atoms with Crippen molar-refractivity contribution in [3.63, 3.8) is 0 Å². The summed E-state index contributed by atoms with van der Waals surface area (Å²) >= 11 is 0. The number of furan rings is 1. The number of aryl methyl sites for hydroxylation is 1. The van der Waals surface area contributed by atoms with Crippen LogP contribution in [0, 0.1) is 6.92 Å². The Labute approximate surface area is 111 Å². The number of sulfonamides is 1. The molecule has 0 radical (unpaired) electrons. The fourth-order valence-corrected chi connectivity index (χ4v) is 2.54. The summed E-state index contributed by atoms with van der Waals surface area (Å²) in [6.45, 7) is 2.08. The maximum atomic E-state index is 11.9. The van der Waals surface area contributed by atoms with Gasteiger partial charge in [0.1, 0.15) is 0 Å². The first-order chi connectivity index (χ1) is 9.03. The van der Waals surface area contributed by atoms with Gasteiger partial charge >= 0.3 is 0 Å². The molecule has 0 saturated heterocycles.